The van der Waals surface area contributed by atoms with Gasteiger partial charge in [-0.3, -0.25) is 0 Å². The fourth-order valence-corrected chi connectivity index (χ4v) is 2.17. The molecule has 2 N–H and O–H groups in total. The standard InChI is InChI=1S/C14H10O4/c15-13-8-4-1-2-6-10(8)18-11-7-3-5-9(12(11)13)14(16)17/h1-7,13,15H,(H,16,17). The van der Waals surface area contributed by atoms with E-state index >= 15 is 0 Å². The summed E-state index contributed by atoms with van der Waals surface area (Å²) < 4.78 is 5.62. The summed E-state index contributed by atoms with van der Waals surface area (Å²) in [5.41, 5.74) is 0.955. The molecular weight excluding hydrogens is 232 g/mol. The number of aromatic carboxylic acids is 1. The number of rotatable bonds is 1. The SMILES string of the molecule is O=C(O)c1cccc2c1C(O)c1ccccc1O2. The van der Waals surface area contributed by atoms with Crippen molar-refractivity contribution < 1.29 is 19.7 Å². The van der Waals surface area contributed by atoms with Gasteiger partial charge in [-0.15, -0.1) is 0 Å². The first kappa shape index (κ1) is 10.8. The van der Waals surface area contributed by atoms with Crippen molar-refractivity contribution in [3.05, 3.63) is 59.2 Å². The lowest BCUT2D eigenvalue weighted by Crippen LogP contribution is -2.14. The Bertz CT molecular complexity index is 633. The van der Waals surface area contributed by atoms with Gasteiger partial charge in [-0.1, -0.05) is 24.3 Å². The molecule has 0 spiro atoms. The quantitative estimate of drug-likeness (QED) is 0.806. The van der Waals surface area contributed by atoms with Crippen LogP contribution in [0, 0.1) is 0 Å². The van der Waals surface area contributed by atoms with E-state index in [4.69, 9.17) is 9.84 Å². The van der Waals surface area contributed by atoms with Crippen molar-refractivity contribution in [3.63, 3.8) is 0 Å². The van der Waals surface area contributed by atoms with Gasteiger partial charge in [-0.25, -0.2) is 4.79 Å². The van der Waals surface area contributed by atoms with E-state index in [-0.39, 0.29) is 5.56 Å². The van der Waals surface area contributed by atoms with Crippen molar-refractivity contribution in [2.24, 2.45) is 0 Å². The lowest BCUT2D eigenvalue weighted by atomic mass is 9.93. The molecule has 0 bridgehead atoms. The van der Waals surface area contributed by atoms with Crippen molar-refractivity contribution in [1.29, 1.82) is 0 Å². The number of carboxylic acids is 1. The average Bonchev–Trinajstić information content (AvgIpc) is 2.38. The molecule has 4 heteroatoms. The Labute approximate surface area is 103 Å². The summed E-state index contributed by atoms with van der Waals surface area (Å²) in [7, 11) is 0. The molecule has 1 aliphatic heterocycles. The first-order valence-electron chi connectivity index (χ1n) is 5.49. The van der Waals surface area contributed by atoms with Crippen LogP contribution in [0.1, 0.15) is 27.6 Å². The van der Waals surface area contributed by atoms with E-state index in [1.165, 1.54) is 6.07 Å². The Kier molecular flexibility index (Phi) is 2.31. The number of aliphatic hydroxyl groups is 1. The van der Waals surface area contributed by atoms with Crippen LogP contribution in [0.4, 0.5) is 0 Å². The van der Waals surface area contributed by atoms with Crippen LogP contribution in [0.5, 0.6) is 11.5 Å². The van der Waals surface area contributed by atoms with Crippen molar-refractivity contribution >= 4 is 5.97 Å². The van der Waals surface area contributed by atoms with E-state index in [1.54, 1.807) is 36.4 Å². The Balaban J connectivity index is 2.23. The molecule has 90 valence electrons. The summed E-state index contributed by atoms with van der Waals surface area (Å²) in [4.78, 5) is 11.2. The fourth-order valence-electron chi connectivity index (χ4n) is 2.17. The lowest BCUT2D eigenvalue weighted by Gasteiger charge is -2.25. The molecule has 0 fully saturated rings. The molecule has 1 atom stereocenters. The first-order chi connectivity index (χ1) is 8.68. The highest BCUT2D eigenvalue weighted by atomic mass is 16.5. The van der Waals surface area contributed by atoms with Gasteiger partial charge in [0.25, 0.3) is 0 Å². The minimum absolute atomic E-state index is 0.0644. The number of fused-ring (bicyclic) bond motifs is 2. The van der Waals surface area contributed by atoms with Gasteiger partial charge in [0.15, 0.2) is 0 Å². The smallest absolute Gasteiger partial charge is 0.336 e. The third kappa shape index (κ3) is 1.47. The van der Waals surface area contributed by atoms with Crippen LogP contribution in [0.2, 0.25) is 0 Å². The Morgan fingerprint density at radius 1 is 1.06 bits per heavy atom. The van der Waals surface area contributed by atoms with Crippen molar-refractivity contribution in [2.45, 2.75) is 6.10 Å². The van der Waals surface area contributed by atoms with Gasteiger partial charge in [0.2, 0.25) is 0 Å². The van der Waals surface area contributed by atoms with Gasteiger partial charge < -0.3 is 14.9 Å². The summed E-state index contributed by atoms with van der Waals surface area (Å²) in [5.74, 6) is -0.130. The van der Waals surface area contributed by atoms with E-state index in [9.17, 15) is 9.90 Å². The van der Waals surface area contributed by atoms with Crippen molar-refractivity contribution in [1.82, 2.24) is 0 Å². The number of aliphatic hydroxyl groups excluding tert-OH is 1. The molecule has 18 heavy (non-hydrogen) atoms. The van der Waals surface area contributed by atoms with Crippen molar-refractivity contribution in [3.8, 4) is 11.5 Å². The summed E-state index contributed by atoms with van der Waals surface area (Å²) in [6.07, 6.45) is -0.975. The number of carbonyl (C=O) groups is 1. The van der Waals surface area contributed by atoms with Crippen LogP contribution in [0.3, 0.4) is 0 Å². The van der Waals surface area contributed by atoms with Gasteiger partial charge in [-0.05, 0) is 18.2 Å². The fraction of sp³-hybridized carbons (Fsp3) is 0.0714. The second-order valence-corrected chi connectivity index (χ2v) is 4.06. The molecule has 1 unspecified atom stereocenters. The highest BCUT2D eigenvalue weighted by Gasteiger charge is 2.29. The number of ether oxygens (including phenoxy) is 1. The van der Waals surface area contributed by atoms with Crippen LogP contribution in [0.25, 0.3) is 0 Å². The van der Waals surface area contributed by atoms with E-state index in [1.807, 2.05) is 0 Å². The minimum Gasteiger partial charge on any atom is -0.478 e. The second kappa shape index (κ2) is 3.85. The van der Waals surface area contributed by atoms with Crippen LogP contribution < -0.4 is 4.74 Å². The van der Waals surface area contributed by atoms with Crippen LogP contribution in [-0.4, -0.2) is 16.2 Å². The molecule has 1 heterocycles. The van der Waals surface area contributed by atoms with Gasteiger partial charge in [-0.2, -0.15) is 0 Å². The van der Waals surface area contributed by atoms with Gasteiger partial charge in [0.05, 0.1) is 5.56 Å². The molecule has 0 amide bonds. The zero-order chi connectivity index (χ0) is 12.7. The number of benzene rings is 2. The summed E-state index contributed by atoms with van der Waals surface area (Å²) in [6, 6.07) is 11.8. The molecule has 0 aliphatic carbocycles. The largest absolute Gasteiger partial charge is 0.478 e. The average molecular weight is 242 g/mol. The van der Waals surface area contributed by atoms with Gasteiger partial charge >= 0.3 is 5.97 Å². The molecule has 1 aliphatic rings. The molecular formula is C14H10O4. The Morgan fingerprint density at radius 3 is 2.56 bits per heavy atom. The second-order valence-electron chi connectivity index (χ2n) is 4.06. The van der Waals surface area contributed by atoms with Crippen molar-refractivity contribution in [2.75, 3.05) is 0 Å². The van der Waals surface area contributed by atoms with Gasteiger partial charge in [0, 0.05) is 11.1 Å². The molecule has 0 saturated heterocycles. The van der Waals surface area contributed by atoms with E-state index in [0.29, 0.717) is 22.6 Å². The van der Waals surface area contributed by atoms with Crippen LogP contribution >= 0.6 is 0 Å². The van der Waals surface area contributed by atoms with Crippen LogP contribution in [-0.2, 0) is 0 Å². The van der Waals surface area contributed by atoms with E-state index < -0.39 is 12.1 Å². The van der Waals surface area contributed by atoms with Gasteiger partial charge in [0.1, 0.15) is 17.6 Å². The normalized spacial score (nSPS) is 16.4. The molecule has 0 saturated carbocycles. The minimum atomic E-state index is -1.08. The van der Waals surface area contributed by atoms with E-state index in [2.05, 4.69) is 0 Å². The molecule has 3 rings (SSSR count). The maximum absolute atomic E-state index is 11.2. The monoisotopic (exact) mass is 242 g/mol. The maximum Gasteiger partial charge on any atom is 0.336 e. The maximum atomic E-state index is 11.2. The summed E-state index contributed by atoms with van der Waals surface area (Å²) in [6.45, 7) is 0. The zero-order valence-electron chi connectivity index (χ0n) is 9.33. The third-order valence-corrected chi connectivity index (χ3v) is 3.00. The molecule has 2 aromatic carbocycles. The number of hydrogen-bond acceptors (Lipinski definition) is 3. The number of carboxylic acid groups (broad SMARTS) is 1. The first-order valence-corrected chi connectivity index (χ1v) is 5.49. The predicted octanol–water partition coefficient (Wildman–Crippen LogP) is 2.57. The highest BCUT2D eigenvalue weighted by Crippen LogP contribution is 2.43. The summed E-state index contributed by atoms with van der Waals surface area (Å²) in [5, 5.41) is 19.4. The predicted molar refractivity (Wildman–Crippen MR) is 64.0 cm³/mol. The number of para-hydroxylation sites is 1. The lowest BCUT2D eigenvalue weighted by molar-refractivity contribution is 0.0689. The molecule has 0 radical (unpaired) electrons. The molecule has 4 nitrogen and oxygen atoms in total. The summed E-state index contributed by atoms with van der Waals surface area (Å²) >= 11 is 0. The highest BCUT2D eigenvalue weighted by molar-refractivity contribution is 5.91. The Hall–Kier alpha value is -2.33. The van der Waals surface area contributed by atoms with Crippen LogP contribution in [0.15, 0.2) is 42.5 Å². The zero-order valence-corrected chi connectivity index (χ0v) is 9.33. The number of hydrogen-bond donors (Lipinski definition) is 2. The molecule has 2 aromatic rings. The Morgan fingerprint density at radius 2 is 1.78 bits per heavy atom. The van der Waals surface area contributed by atoms with E-state index in [0.717, 1.165) is 0 Å². The third-order valence-electron chi connectivity index (χ3n) is 3.00. The molecule has 0 aromatic heterocycles. The topological polar surface area (TPSA) is 66.8 Å².